The van der Waals surface area contributed by atoms with Gasteiger partial charge >= 0.3 is 0 Å². The molecule has 0 atom stereocenters. The normalized spacial score (nSPS) is 12.0. The van der Waals surface area contributed by atoms with Crippen LogP contribution in [0.3, 0.4) is 0 Å². The molecule has 8 aromatic carbocycles. The molecule has 0 unspecified atom stereocenters. The molecular formula is C50H34N2O. The minimum Gasteiger partial charge on any atom is -0.455 e. The van der Waals surface area contributed by atoms with Crippen LogP contribution in [-0.2, 0) is 0 Å². The predicted octanol–water partition coefficient (Wildman–Crippen LogP) is 13.7. The van der Waals surface area contributed by atoms with Crippen molar-refractivity contribution in [2.75, 3.05) is 0 Å². The summed E-state index contributed by atoms with van der Waals surface area (Å²) in [6, 6.07) is 61.8. The molecule has 250 valence electrons. The Morgan fingerprint density at radius 3 is 1.51 bits per heavy atom. The summed E-state index contributed by atoms with van der Waals surface area (Å²) < 4.78 is 11.2. The van der Waals surface area contributed by atoms with E-state index in [9.17, 15) is 0 Å². The van der Waals surface area contributed by atoms with Crippen LogP contribution >= 0.6 is 0 Å². The van der Waals surface area contributed by atoms with Gasteiger partial charge in [-0.3, -0.25) is 0 Å². The lowest BCUT2D eigenvalue weighted by Crippen LogP contribution is -1.95. The minimum absolute atomic E-state index is 0.917. The fourth-order valence-corrected chi connectivity index (χ4v) is 8.71. The van der Waals surface area contributed by atoms with Crippen molar-refractivity contribution in [3.05, 3.63) is 181 Å². The Morgan fingerprint density at radius 2 is 0.868 bits per heavy atom. The molecule has 3 aromatic heterocycles. The Morgan fingerprint density at radius 1 is 0.358 bits per heavy atom. The number of furan rings is 1. The van der Waals surface area contributed by atoms with Gasteiger partial charge in [0.1, 0.15) is 11.2 Å². The van der Waals surface area contributed by atoms with Crippen LogP contribution in [0.25, 0.3) is 99.2 Å². The number of rotatable bonds is 4. The number of para-hydroxylation sites is 4. The lowest BCUT2D eigenvalue weighted by Gasteiger charge is -2.11. The zero-order chi connectivity index (χ0) is 35.2. The number of aromatic nitrogens is 2. The van der Waals surface area contributed by atoms with Crippen molar-refractivity contribution >= 4 is 65.6 Å². The van der Waals surface area contributed by atoms with Gasteiger partial charge in [-0.15, -0.1) is 0 Å². The Labute approximate surface area is 306 Å². The third-order valence-electron chi connectivity index (χ3n) is 11.0. The average Bonchev–Trinajstić information content (AvgIpc) is 3.85. The standard InChI is InChI=1S/C50H34N2O/c1-31-26-32(2)28-37(27-31)52-46-16-7-4-11-40(46)44-30-35(21-25-48(44)52)34-20-24-47-43(29-34)39-10-3-6-15-45(39)51(47)36-22-18-33(19-23-36)38-13-9-14-42-41-12-5-8-17-49(41)53-50(38)42/h3-30H,1-2H3. The summed E-state index contributed by atoms with van der Waals surface area (Å²) in [5.74, 6) is 0. The largest absolute Gasteiger partial charge is 0.455 e. The first kappa shape index (κ1) is 29.8. The van der Waals surface area contributed by atoms with E-state index in [0.717, 1.165) is 38.8 Å². The summed E-state index contributed by atoms with van der Waals surface area (Å²) in [6.45, 7) is 4.35. The molecular weight excluding hydrogens is 645 g/mol. The molecule has 0 aliphatic carbocycles. The smallest absolute Gasteiger partial charge is 0.143 e. The third kappa shape index (κ3) is 4.54. The SMILES string of the molecule is Cc1cc(C)cc(-n2c3ccccc3c3cc(-c4ccc5c(c4)c4ccccc4n5-c4ccc(-c5cccc6c5oc5ccccc56)cc4)ccc32)c1. The Balaban J connectivity index is 1.03. The van der Waals surface area contributed by atoms with Crippen LogP contribution in [0.2, 0.25) is 0 Å². The number of hydrogen-bond donors (Lipinski definition) is 0. The van der Waals surface area contributed by atoms with Gasteiger partial charge in [-0.1, -0.05) is 103 Å². The molecule has 0 amide bonds. The maximum Gasteiger partial charge on any atom is 0.143 e. The molecule has 0 spiro atoms. The van der Waals surface area contributed by atoms with Crippen LogP contribution in [0.15, 0.2) is 174 Å². The second-order valence-electron chi connectivity index (χ2n) is 14.3. The highest BCUT2D eigenvalue weighted by molar-refractivity contribution is 6.13. The first-order chi connectivity index (χ1) is 26.1. The van der Waals surface area contributed by atoms with Crippen LogP contribution < -0.4 is 0 Å². The second-order valence-corrected chi connectivity index (χ2v) is 14.3. The molecule has 0 N–H and O–H groups in total. The summed E-state index contributed by atoms with van der Waals surface area (Å²) in [5, 5.41) is 7.31. The topological polar surface area (TPSA) is 23.0 Å². The Kier molecular flexibility index (Phi) is 6.38. The molecule has 0 radical (unpaired) electrons. The molecule has 0 fully saturated rings. The molecule has 3 heteroatoms. The van der Waals surface area contributed by atoms with Gasteiger partial charge in [-0.2, -0.15) is 0 Å². The third-order valence-corrected chi connectivity index (χ3v) is 11.0. The number of nitrogens with zero attached hydrogens (tertiary/aromatic N) is 2. The zero-order valence-corrected chi connectivity index (χ0v) is 29.5. The van der Waals surface area contributed by atoms with Gasteiger partial charge in [-0.05, 0) is 108 Å². The number of aryl methyl sites for hydroxylation is 2. The maximum absolute atomic E-state index is 6.37. The lowest BCUT2D eigenvalue weighted by atomic mass is 10.0. The van der Waals surface area contributed by atoms with E-state index in [2.05, 4.69) is 181 Å². The number of hydrogen-bond acceptors (Lipinski definition) is 1. The molecule has 0 aliphatic heterocycles. The second kappa shape index (κ2) is 11.3. The maximum atomic E-state index is 6.37. The molecule has 0 saturated carbocycles. The van der Waals surface area contributed by atoms with Crippen LogP contribution in [0.1, 0.15) is 11.1 Å². The molecule has 0 saturated heterocycles. The predicted molar refractivity (Wildman–Crippen MR) is 223 cm³/mol. The zero-order valence-electron chi connectivity index (χ0n) is 29.5. The van der Waals surface area contributed by atoms with Gasteiger partial charge in [0, 0.05) is 49.3 Å². The van der Waals surface area contributed by atoms with Crippen molar-refractivity contribution in [1.82, 2.24) is 9.13 Å². The van der Waals surface area contributed by atoms with Crippen molar-refractivity contribution < 1.29 is 4.42 Å². The van der Waals surface area contributed by atoms with Gasteiger partial charge in [0.15, 0.2) is 0 Å². The highest BCUT2D eigenvalue weighted by atomic mass is 16.3. The van der Waals surface area contributed by atoms with E-state index in [4.69, 9.17) is 4.42 Å². The van der Waals surface area contributed by atoms with Gasteiger partial charge in [0.05, 0.1) is 22.1 Å². The summed E-state index contributed by atoms with van der Waals surface area (Å²) in [5.41, 5.74) is 16.2. The first-order valence-electron chi connectivity index (χ1n) is 18.3. The van der Waals surface area contributed by atoms with Crippen LogP contribution in [0, 0.1) is 13.8 Å². The van der Waals surface area contributed by atoms with E-state index < -0.39 is 0 Å². The highest BCUT2D eigenvalue weighted by Crippen LogP contribution is 2.40. The lowest BCUT2D eigenvalue weighted by molar-refractivity contribution is 0.670. The van der Waals surface area contributed by atoms with Gasteiger partial charge in [0.2, 0.25) is 0 Å². The highest BCUT2D eigenvalue weighted by Gasteiger charge is 2.17. The summed E-state index contributed by atoms with van der Waals surface area (Å²) in [4.78, 5) is 0. The summed E-state index contributed by atoms with van der Waals surface area (Å²) in [7, 11) is 0. The quantitative estimate of drug-likeness (QED) is 0.182. The van der Waals surface area contributed by atoms with Crippen LogP contribution in [-0.4, -0.2) is 9.13 Å². The number of benzene rings is 8. The van der Waals surface area contributed by atoms with Crippen molar-refractivity contribution in [2.45, 2.75) is 13.8 Å². The van der Waals surface area contributed by atoms with E-state index >= 15 is 0 Å². The number of fused-ring (bicyclic) bond motifs is 9. The molecule has 3 heterocycles. The molecule has 11 rings (SSSR count). The first-order valence-corrected chi connectivity index (χ1v) is 18.3. The molecule has 0 aliphatic rings. The fourth-order valence-electron chi connectivity index (χ4n) is 8.71. The summed E-state index contributed by atoms with van der Waals surface area (Å²) >= 11 is 0. The molecule has 0 bridgehead atoms. The van der Waals surface area contributed by atoms with Crippen molar-refractivity contribution in [3.63, 3.8) is 0 Å². The van der Waals surface area contributed by atoms with E-state index in [1.165, 1.54) is 71.6 Å². The Hall–Kier alpha value is -6.84. The van der Waals surface area contributed by atoms with Crippen molar-refractivity contribution in [3.8, 4) is 33.6 Å². The van der Waals surface area contributed by atoms with E-state index in [0.29, 0.717) is 0 Å². The van der Waals surface area contributed by atoms with E-state index in [1.807, 2.05) is 12.1 Å². The Bertz CT molecular complexity index is 3220. The van der Waals surface area contributed by atoms with E-state index in [1.54, 1.807) is 0 Å². The van der Waals surface area contributed by atoms with Crippen molar-refractivity contribution in [2.24, 2.45) is 0 Å². The average molecular weight is 679 g/mol. The van der Waals surface area contributed by atoms with Crippen LogP contribution in [0.4, 0.5) is 0 Å². The molecule has 3 nitrogen and oxygen atoms in total. The minimum atomic E-state index is 0.917. The van der Waals surface area contributed by atoms with Crippen molar-refractivity contribution in [1.29, 1.82) is 0 Å². The van der Waals surface area contributed by atoms with E-state index in [-0.39, 0.29) is 0 Å². The fraction of sp³-hybridized carbons (Fsp3) is 0.0400. The van der Waals surface area contributed by atoms with Gasteiger partial charge < -0.3 is 13.6 Å². The summed E-state index contributed by atoms with van der Waals surface area (Å²) in [6.07, 6.45) is 0. The van der Waals surface area contributed by atoms with Gasteiger partial charge in [0.25, 0.3) is 0 Å². The van der Waals surface area contributed by atoms with Crippen LogP contribution in [0.5, 0.6) is 0 Å². The molecule has 11 aromatic rings. The molecule has 53 heavy (non-hydrogen) atoms. The van der Waals surface area contributed by atoms with Gasteiger partial charge in [-0.25, -0.2) is 0 Å². The monoisotopic (exact) mass is 678 g/mol.